The van der Waals surface area contributed by atoms with Gasteiger partial charge in [0.15, 0.2) is 0 Å². The van der Waals surface area contributed by atoms with Gasteiger partial charge in [-0.15, -0.1) is 11.6 Å². The van der Waals surface area contributed by atoms with E-state index in [1.165, 1.54) is 0 Å². The summed E-state index contributed by atoms with van der Waals surface area (Å²) in [5.74, 6) is 0.410. The first-order valence-electron chi connectivity index (χ1n) is 5.88. The van der Waals surface area contributed by atoms with Crippen LogP contribution in [0.5, 0.6) is 0 Å². The Labute approximate surface area is 112 Å². The third kappa shape index (κ3) is 4.96. The van der Waals surface area contributed by atoms with Crippen molar-refractivity contribution in [1.29, 1.82) is 0 Å². The summed E-state index contributed by atoms with van der Waals surface area (Å²) in [6.45, 7) is 8.43. The number of hydrogen-bond donors (Lipinski definition) is 1. The van der Waals surface area contributed by atoms with E-state index in [1.807, 2.05) is 33.8 Å². The van der Waals surface area contributed by atoms with Crippen LogP contribution in [-0.4, -0.2) is 28.0 Å². The number of hydrogen-bond acceptors (Lipinski definition) is 3. The first-order chi connectivity index (χ1) is 8.31. The first kappa shape index (κ1) is 14.8. The number of alkyl halides is 1. The molecule has 0 spiro atoms. The van der Waals surface area contributed by atoms with Crippen LogP contribution in [0.1, 0.15) is 32.2 Å². The van der Waals surface area contributed by atoms with Crippen LogP contribution in [0.15, 0.2) is 6.07 Å². The van der Waals surface area contributed by atoms with Gasteiger partial charge in [-0.2, -0.15) is 5.10 Å². The molecule has 0 aromatic carbocycles. The van der Waals surface area contributed by atoms with Gasteiger partial charge in [-0.25, -0.2) is 4.79 Å². The van der Waals surface area contributed by atoms with Gasteiger partial charge in [0.25, 0.3) is 0 Å². The summed E-state index contributed by atoms with van der Waals surface area (Å²) in [6.07, 6.45) is -0.418. The number of rotatable bonds is 4. The molecule has 1 rings (SSSR count). The molecule has 0 saturated heterocycles. The molecule has 1 N–H and O–H groups in total. The van der Waals surface area contributed by atoms with Crippen molar-refractivity contribution in [3.05, 3.63) is 17.5 Å². The van der Waals surface area contributed by atoms with E-state index in [0.29, 0.717) is 19.0 Å². The van der Waals surface area contributed by atoms with Gasteiger partial charge in [-0.3, -0.25) is 4.68 Å². The smallest absolute Gasteiger partial charge is 0.407 e. The molecule has 0 fully saturated rings. The zero-order chi connectivity index (χ0) is 13.8. The van der Waals surface area contributed by atoms with Crippen molar-refractivity contribution in [2.75, 3.05) is 6.54 Å². The summed E-state index contributed by atoms with van der Waals surface area (Å²) in [5, 5.41) is 6.98. The van der Waals surface area contributed by atoms with Crippen molar-refractivity contribution in [2.45, 2.75) is 45.7 Å². The maximum Gasteiger partial charge on any atom is 0.407 e. The zero-order valence-corrected chi connectivity index (χ0v) is 12.0. The summed E-state index contributed by atoms with van der Waals surface area (Å²) < 4.78 is 6.92. The standard InChI is InChI=1S/C12H20ClN3O2/c1-9-7-10(8-13)16(15-9)6-5-14-11(17)18-12(2,3)4/h7H,5-6,8H2,1-4H3,(H,14,17). The van der Waals surface area contributed by atoms with Gasteiger partial charge in [0.1, 0.15) is 5.60 Å². The molecule has 1 heterocycles. The van der Waals surface area contributed by atoms with Crippen LogP contribution in [0.3, 0.4) is 0 Å². The van der Waals surface area contributed by atoms with Crippen molar-refractivity contribution in [3.63, 3.8) is 0 Å². The Balaban J connectivity index is 2.39. The van der Waals surface area contributed by atoms with Crippen molar-refractivity contribution < 1.29 is 9.53 Å². The molecule has 0 aliphatic heterocycles. The third-order valence-corrected chi connectivity index (χ3v) is 2.39. The van der Waals surface area contributed by atoms with Crippen molar-refractivity contribution in [1.82, 2.24) is 15.1 Å². The lowest BCUT2D eigenvalue weighted by molar-refractivity contribution is 0.0525. The summed E-state index contributed by atoms with van der Waals surface area (Å²) in [4.78, 5) is 11.4. The molecule has 102 valence electrons. The number of alkyl carbamates (subject to hydrolysis) is 1. The highest BCUT2D eigenvalue weighted by Gasteiger charge is 2.15. The molecule has 0 bridgehead atoms. The Kier molecular flexibility index (Phi) is 5.02. The van der Waals surface area contributed by atoms with E-state index >= 15 is 0 Å². The Morgan fingerprint density at radius 3 is 2.78 bits per heavy atom. The number of nitrogens with zero attached hydrogens (tertiary/aromatic N) is 2. The van der Waals surface area contributed by atoms with E-state index in [0.717, 1.165) is 11.4 Å². The number of carbonyl (C=O) groups is 1. The van der Waals surface area contributed by atoms with Crippen molar-refractivity contribution in [3.8, 4) is 0 Å². The number of aryl methyl sites for hydroxylation is 1. The number of halogens is 1. The fourth-order valence-electron chi connectivity index (χ4n) is 1.48. The van der Waals surface area contributed by atoms with Crippen LogP contribution in [0.2, 0.25) is 0 Å². The molecule has 0 unspecified atom stereocenters. The highest BCUT2D eigenvalue weighted by molar-refractivity contribution is 6.16. The van der Waals surface area contributed by atoms with Gasteiger partial charge in [-0.1, -0.05) is 0 Å². The minimum Gasteiger partial charge on any atom is -0.444 e. The molecular weight excluding hydrogens is 254 g/mol. The summed E-state index contributed by atoms with van der Waals surface area (Å²) in [5.41, 5.74) is 1.39. The predicted octanol–water partition coefficient (Wildman–Crippen LogP) is 2.46. The SMILES string of the molecule is Cc1cc(CCl)n(CCNC(=O)OC(C)(C)C)n1. The Bertz CT molecular complexity index is 410. The molecule has 1 amide bonds. The van der Waals surface area contributed by atoms with Crippen molar-refractivity contribution in [2.24, 2.45) is 0 Å². The van der Waals surface area contributed by atoms with Gasteiger partial charge >= 0.3 is 6.09 Å². The third-order valence-electron chi connectivity index (χ3n) is 2.11. The first-order valence-corrected chi connectivity index (χ1v) is 6.41. The molecule has 6 heteroatoms. The summed E-state index contributed by atoms with van der Waals surface area (Å²) >= 11 is 5.80. The van der Waals surface area contributed by atoms with Gasteiger partial charge in [0.2, 0.25) is 0 Å². The molecule has 1 aromatic heterocycles. The average Bonchev–Trinajstić information content (AvgIpc) is 2.56. The molecule has 0 saturated carbocycles. The minimum absolute atomic E-state index is 0.410. The topological polar surface area (TPSA) is 56.2 Å². The molecule has 18 heavy (non-hydrogen) atoms. The fourth-order valence-corrected chi connectivity index (χ4v) is 1.69. The van der Waals surface area contributed by atoms with Crippen LogP contribution in [0.4, 0.5) is 4.79 Å². The summed E-state index contributed by atoms with van der Waals surface area (Å²) in [6, 6.07) is 1.93. The Hall–Kier alpha value is -1.23. The minimum atomic E-state index is -0.479. The van der Waals surface area contributed by atoms with E-state index < -0.39 is 11.7 Å². The molecule has 0 aliphatic carbocycles. The van der Waals surface area contributed by atoms with Crippen LogP contribution in [0, 0.1) is 6.92 Å². The number of ether oxygens (including phenoxy) is 1. The number of aromatic nitrogens is 2. The normalized spacial score (nSPS) is 11.4. The zero-order valence-electron chi connectivity index (χ0n) is 11.3. The summed E-state index contributed by atoms with van der Waals surface area (Å²) in [7, 11) is 0. The van der Waals surface area contributed by atoms with E-state index in [-0.39, 0.29) is 0 Å². The van der Waals surface area contributed by atoms with Crippen LogP contribution < -0.4 is 5.32 Å². The number of amides is 1. The van der Waals surface area contributed by atoms with Gasteiger partial charge < -0.3 is 10.1 Å². The van der Waals surface area contributed by atoms with E-state index in [9.17, 15) is 4.79 Å². The predicted molar refractivity (Wildman–Crippen MR) is 70.8 cm³/mol. The van der Waals surface area contributed by atoms with Crippen LogP contribution >= 0.6 is 11.6 Å². The lowest BCUT2D eigenvalue weighted by Crippen LogP contribution is -2.34. The molecule has 5 nitrogen and oxygen atoms in total. The van der Waals surface area contributed by atoms with E-state index in [4.69, 9.17) is 16.3 Å². The van der Waals surface area contributed by atoms with Gasteiger partial charge in [-0.05, 0) is 33.8 Å². The molecule has 1 aromatic rings. The quantitative estimate of drug-likeness (QED) is 0.858. The number of carbonyl (C=O) groups excluding carboxylic acids is 1. The van der Waals surface area contributed by atoms with Crippen LogP contribution in [-0.2, 0) is 17.2 Å². The van der Waals surface area contributed by atoms with E-state index in [2.05, 4.69) is 10.4 Å². The second kappa shape index (κ2) is 6.09. The number of nitrogens with one attached hydrogen (secondary N) is 1. The Morgan fingerprint density at radius 2 is 2.22 bits per heavy atom. The lowest BCUT2D eigenvalue weighted by atomic mass is 10.2. The van der Waals surface area contributed by atoms with E-state index in [1.54, 1.807) is 4.68 Å². The fraction of sp³-hybridized carbons (Fsp3) is 0.667. The second-order valence-electron chi connectivity index (χ2n) is 5.06. The molecule has 0 atom stereocenters. The maximum atomic E-state index is 11.4. The van der Waals surface area contributed by atoms with Gasteiger partial charge in [0, 0.05) is 6.54 Å². The highest BCUT2D eigenvalue weighted by atomic mass is 35.5. The van der Waals surface area contributed by atoms with Crippen molar-refractivity contribution >= 4 is 17.7 Å². The largest absolute Gasteiger partial charge is 0.444 e. The monoisotopic (exact) mass is 273 g/mol. The Morgan fingerprint density at radius 1 is 1.56 bits per heavy atom. The highest BCUT2D eigenvalue weighted by Crippen LogP contribution is 2.07. The van der Waals surface area contributed by atoms with Gasteiger partial charge in [0.05, 0.1) is 23.8 Å². The molecule has 0 aliphatic rings. The molecule has 0 radical (unpaired) electrons. The average molecular weight is 274 g/mol. The van der Waals surface area contributed by atoms with Crippen LogP contribution in [0.25, 0.3) is 0 Å². The lowest BCUT2D eigenvalue weighted by Gasteiger charge is -2.19. The second-order valence-corrected chi connectivity index (χ2v) is 5.33. The molecular formula is C12H20ClN3O2. The maximum absolute atomic E-state index is 11.4.